The molecule has 3 N–H and O–H groups in total. The monoisotopic (exact) mass is 389 g/mol. The van der Waals surface area contributed by atoms with E-state index < -0.39 is 23.7 Å². The number of benzene rings is 2. The summed E-state index contributed by atoms with van der Waals surface area (Å²) in [5.74, 6) is -1.32. The fourth-order valence-electron chi connectivity index (χ4n) is 2.11. The van der Waals surface area contributed by atoms with Crippen molar-refractivity contribution < 1.29 is 18.7 Å². The Labute approximate surface area is 162 Å². The zero-order chi connectivity index (χ0) is 20.0. The number of nitrogens with one attached hydrogen (secondary N) is 3. The van der Waals surface area contributed by atoms with E-state index in [1.54, 1.807) is 13.0 Å². The molecule has 0 radical (unpaired) electrons. The maximum atomic E-state index is 13.6. The van der Waals surface area contributed by atoms with Gasteiger partial charge in [0, 0.05) is 0 Å². The second-order valence-corrected chi connectivity index (χ2v) is 6.29. The van der Waals surface area contributed by atoms with Gasteiger partial charge in [-0.3, -0.25) is 25.8 Å². The van der Waals surface area contributed by atoms with Crippen LogP contribution in [-0.4, -0.2) is 23.0 Å². The number of carbonyl (C=O) groups excluding carboxylic acids is 2. The van der Waals surface area contributed by atoms with Gasteiger partial charge in [0.2, 0.25) is 0 Å². The molecule has 0 aliphatic rings. The summed E-state index contributed by atoms with van der Waals surface area (Å²) >= 11 is 4.92. The molecule has 8 heteroatoms. The SMILES string of the molecule is Cc1ccc(OC(C)C(=O)NNC(=S)NC(=O)c2ccccc2F)cc1C. The highest BCUT2D eigenvalue weighted by atomic mass is 32.1. The predicted molar refractivity (Wildman–Crippen MR) is 104 cm³/mol. The minimum Gasteiger partial charge on any atom is -0.481 e. The maximum absolute atomic E-state index is 13.6. The first-order valence-electron chi connectivity index (χ1n) is 8.17. The molecule has 142 valence electrons. The third-order valence-electron chi connectivity index (χ3n) is 3.81. The Balaban J connectivity index is 1.83. The zero-order valence-electron chi connectivity index (χ0n) is 15.1. The van der Waals surface area contributed by atoms with Crippen molar-refractivity contribution in [2.24, 2.45) is 0 Å². The van der Waals surface area contributed by atoms with Crippen LogP contribution in [0.4, 0.5) is 4.39 Å². The van der Waals surface area contributed by atoms with Gasteiger partial charge in [-0.2, -0.15) is 0 Å². The van der Waals surface area contributed by atoms with E-state index >= 15 is 0 Å². The molecule has 27 heavy (non-hydrogen) atoms. The molecule has 1 unspecified atom stereocenters. The molecule has 0 bridgehead atoms. The quantitative estimate of drug-likeness (QED) is 0.553. The molecule has 0 aromatic heterocycles. The van der Waals surface area contributed by atoms with Gasteiger partial charge in [0.15, 0.2) is 11.2 Å². The summed E-state index contributed by atoms with van der Waals surface area (Å²) in [4.78, 5) is 24.0. The van der Waals surface area contributed by atoms with Gasteiger partial charge >= 0.3 is 0 Å². The van der Waals surface area contributed by atoms with Crippen molar-refractivity contribution in [2.75, 3.05) is 0 Å². The van der Waals surface area contributed by atoms with Gasteiger partial charge in [0.25, 0.3) is 11.8 Å². The second kappa shape index (κ2) is 9.09. The molecular formula is C19H20FN3O3S. The molecule has 0 saturated heterocycles. The van der Waals surface area contributed by atoms with Gasteiger partial charge in [0.05, 0.1) is 5.56 Å². The first kappa shape index (κ1) is 20.3. The van der Waals surface area contributed by atoms with Crippen molar-refractivity contribution in [3.8, 4) is 5.75 Å². The number of halogens is 1. The Morgan fingerprint density at radius 2 is 1.78 bits per heavy atom. The van der Waals surface area contributed by atoms with E-state index in [0.29, 0.717) is 5.75 Å². The van der Waals surface area contributed by atoms with E-state index in [2.05, 4.69) is 16.2 Å². The molecule has 0 fully saturated rings. The van der Waals surface area contributed by atoms with E-state index in [1.165, 1.54) is 24.3 Å². The largest absolute Gasteiger partial charge is 0.481 e. The fraction of sp³-hybridized carbons (Fsp3) is 0.211. The maximum Gasteiger partial charge on any atom is 0.279 e. The van der Waals surface area contributed by atoms with Crippen LogP contribution in [0.1, 0.15) is 28.4 Å². The van der Waals surface area contributed by atoms with Crippen LogP contribution in [0.25, 0.3) is 0 Å². The Bertz CT molecular complexity index is 873. The molecule has 2 aromatic carbocycles. The summed E-state index contributed by atoms with van der Waals surface area (Å²) in [7, 11) is 0. The number of hydrazine groups is 1. The normalized spacial score (nSPS) is 11.3. The van der Waals surface area contributed by atoms with Crippen LogP contribution in [0.15, 0.2) is 42.5 Å². The number of rotatable bonds is 4. The molecule has 0 aliphatic carbocycles. The Hall–Kier alpha value is -3.00. The lowest BCUT2D eigenvalue weighted by Crippen LogP contribution is -2.51. The lowest BCUT2D eigenvalue weighted by Gasteiger charge is -2.17. The number of ether oxygens (including phenoxy) is 1. The highest BCUT2D eigenvalue weighted by Gasteiger charge is 2.16. The van der Waals surface area contributed by atoms with E-state index in [-0.39, 0.29) is 10.7 Å². The standard InChI is InChI=1S/C19H20FN3O3S/c1-11-8-9-14(10-12(11)2)26-13(3)17(24)22-23-19(27)21-18(25)15-6-4-5-7-16(15)20/h4-10,13H,1-3H3,(H,22,24)(H2,21,23,25,27). The van der Waals surface area contributed by atoms with Gasteiger partial charge in [-0.05, 0) is 68.4 Å². The van der Waals surface area contributed by atoms with Crippen LogP contribution >= 0.6 is 12.2 Å². The van der Waals surface area contributed by atoms with Gasteiger partial charge in [-0.25, -0.2) is 4.39 Å². The minimum absolute atomic E-state index is 0.153. The van der Waals surface area contributed by atoms with Gasteiger partial charge < -0.3 is 4.74 Å². The van der Waals surface area contributed by atoms with E-state index in [0.717, 1.165) is 11.1 Å². The first-order chi connectivity index (χ1) is 12.8. The highest BCUT2D eigenvalue weighted by molar-refractivity contribution is 7.80. The molecule has 2 aromatic rings. The number of hydrogen-bond acceptors (Lipinski definition) is 4. The number of hydrogen-bond donors (Lipinski definition) is 3. The Kier molecular flexibility index (Phi) is 6.84. The van der Waals surface area contributed by atoms with Crippen LogP contribution in [0.2, 0.25) is 0 Å². The van der Waals surface area contributed by atoms with Crippen LogP contribution < -0.4 is 20.9 Å². The molecule has 0 spiro atoms. The van der Waals surface area contributed by atoms with Crippen LogP contribution in [0.3, 0.4) is 0 Å². The number of amides is 2. The van der Waals surface area contributed by atoms with Crippen molar-refractivity contribution >= 4 is 29.1 Å². The summed E-state index contributed by atoms with van der Waals surface area (Å²) < 4.78 is 19.1. The van der Waals surface area contributed by atoms with Crippen molar-refractivity contribution in [1.82, 2.24) is 16.2 Å². The third-order valence-corrected chi connectivity index (χ3v) is 4.01. The van der Waals surface area contributed by atoms with Crippen LogP contribution in [-0.2, 0) is 4.79 Å². The van der Waals surface area contributed by atoms with Gasteiger partial charge in [0.1, 0.15) is 11.6 Å². The number of aryl methyl sites for hydroxylation is 2. The molecular weight excluding hydrogens is 369 g/mol. The summed E-state index contributed by atoms with van der Waals surface area (Å²) in [5, 5.41) is 2.11. The zero-order valence-corrected chi connectivity index (χ0v) is 15.9. The van der Waals surface area contributed by atoms with E-state index in [1.807, 2.05) is 26.0 Å². The first-order valence-corrected chi connectivity index (χ1v) is 8.58. The lowest BCUT2D eigenvalue weighted by molar-refractivity contribution is -0.127. The van der Waals surface area contributed by atoms with Gasteiger partial charge in [-0.15, -0.1) is 0 Å². The summed E-state index contributed by atoms with van der Waals surface area (Å²) in [5.41, 5.74) is 6.74. The number of carbonyl (C=O) groups is 2. The molecule has 0 heterocycles. The summed E-state index contributed by atoms with van der Waals surface area (Å²) in [6, 6.07) is 11.0. The smallest absolute Gasteiger partial charge is 0.279 e. The van der Waals surface area contributed by atoms with E-state index in [9.17, 15) is 14.0 Å². The molecule has 0 aliphatic heterocycles. The average Bonchev–Trinajstić information content (AvgIpc) is 2.63. The van der Waals surface area contributed by atoms with Crippen molar-refractivity contribution in [2.45, 2.75) is 26.9 Å². The Morgan fingerprint density at radius 3 is 2.44 bits per heavy atom. The molecule has 1 atom stereocenters. The number of thiocarbonyl (C=S) groups is 1. The predicted octanol–water partition coefficient (Wildman–Crippen LogP) is 2.55. The fourth-order valence-corrected chi connectivity index (χ4v) is 2.26. The van der Waals surface area contributed by atoms with Crippen molar-refractivity contribution in [3.63, 3.8) is 0 Å². The highest BCUT2D eigenvalue weighted by Crippen LogP contribution is 2.17. The molecule has 2 amide bonds. The van der Waals surface area contributed by atoms with Crippen LogP contribution in [0.5, 0.6) is 5.75 Å². The lowest BCUT2D eigenvalue weighted by atomic mass is 10.1. The Morgan fingerprint density at radius 1 is 1.07 bits per heavy atom. The molecule has 0 saturated carbocycles. The summed E-state index contributed by atoms with van der Waals surface area (Å²) in [6.45, 7) is 5.51. The minimum atomic E-state index is -0.801. The van der Waals surface area contributed by atoms with Crippen LogP contribution in [0, 0.1) is 19.7 Å². The van der Waals surface area contributed by atoms with Crippen molar-refractivity contribution in [1.29, 1.82) is 0 Å². The molecule has 6 nitrogen and oxygen atoms in total. The third kappa shape index (κ3) is 5.75. The second-order valence-electron chi connectivity index (χ2n) is 5.88. The van der Waals surface area contributed by atoms with Gasteiger partial charge in [-0.1, -0.05) is 18.2 Å². The topological polar surface area (TPSA) is 79.5 Å². The molecule has 2 rings (SSSR count). The summed E-state index contributed by atoms with van der Waals surface area (Å²) in [6.07, 6.45) is -0.801. The van der Waals surface area contributed by atoms with Crippen molar-refractivity contribution in [3.05, 3.63) is 65.0 Å². The van der Waals surface area contributed by atoms with E-state index in [4.69, 9.17) is 17.0 Å². The average molecular weight is 389 g/mol.